The van der Waals surface area contributed by atoms with E-state index in [2.05, 4.69) is 237 Å². The minimum absolute atomic E-state index is 0.102. The van der Waals surface area contributed by atoms with E-state index in [1.165, 1.54) is 89.0 Å². The molecule has 8 rings (SSSR count). The third-order valence-corrected chi connectivity index (χ3v) is 11.5. The number of hydrogen-bond acceptors (Lipinski definition) is 0. The largest absolute Gasteiger partial charge is 0.323 e. The second-order valence-corrected chi connectivity index (χ2v) is 18.5. The van der Waals surface area contributed by atoms with Crippen LogP contribution in [0.25, 0.3) is 67.0 Å². The van der Waals surface area contributed by atoms with Gasteiger partial charge in [-0.3, -0.25) is 0 Å². The van der Waals surface area contributed by atoms with Crippen molar-refractivity contribution in [3.8, 4) is 67.0 Å². The van der Waals surface area contributed by atoms with Gasteiger partial charge < -0.3 is 9.13 Å². The van der Waals surface area contributed by atoms with E-state index >= 15 is 0 Å². The van der Waals surface area contributed by atoms with Crippen LogP contribution >= 0.6 is 0 Å². The van der Waals surface area contributed by atoms with Gasteiger partial charge in [0.25, 0.3) is 0 Å². The molecule has 290 valence electrons. The average Bonchev–Trinajstić information content (AvgIpc) is 3.84. The first-order valence-electron chi connectivity index (χ1n) is 20.6. The highest BCUT2D eigenvalue weighted by Crippen LogP contribution is 2.41. The van der Waals surface area contributed by atoms with Crippen molar-refractivity contribution in [1.29, 1.82) is 0 Å². The Balaban J connectivity index is 1.24. The summed E-state index contributed by atoms with van der Waals surface area (Å²) in [6, 6.07) is 49.9. The third-order valence-electron chi connectivity index (χ3n) is 11.5. The van der Waals surface area contributed by atoms with Crippen molar-refractivity contribution < 1.29 is 0 Å². The van der Waals surface area contributed by atoms with E-state index in [-0.39, 0.29) is 10.8 Å². The van der Waals surface area contributed by atoms with Crippen LogP contribution in [0.5, 0.6) is 0 Å². The molecule has 0 N–H and O–H groups in total. The quantitative estimate of drug-likeness (QED) is 0.153. The van der Waals surface area contributed by atoms with E-state index in [4.69, 9.17) is 0 Å². The van der Waals surface area contributed by atoms with Gasteiger partial charge in [-0.25, -0.2) is 0 Å². The zero-order chi connectivity index (χ0) is 40.9. The number of aryl methyl sites for hydroxylation is 4. The number of rotatable bonds is 7. The molecule has 0 aliphatic carbocycles. The molecule has 2 aromatic heterocycles. The fourth-order valence-electron chi connectivity index (χ4n) is 8.23. The highest BCUT2D eigenvalue weighted by Gasteiger charge is 2.19. The van der Waals surface area contributed by atoms with Crippen LogP contribution in [0.4, 0.5) is 0 Å². The summed E-state index contributed by atoms with van der Waals surface area (Å²) in [4.78, 5) is 0. The molecule has 0 unspecified atom stereocenters. The molecule has 8 aromatic rings. The lowest BCUT2D eigenvalue weighted by Gasteiger charge is -2.19. The predicted molar refractivity (Wildman–Crippen MR) is 249 cm³/mol. The molecule has 2 nitrogen and oxygen atoms in total. The second kappa shape index (κ2) is 15.0. The second-order valence-electron chi connectivity index (χ2n) is 18.5. The predicted octanol–water partition coefficient (Wildman–Crippen LogP) is 15.4. The molecule has 0 amide bonds. The molecule has 0 atom stereocenters. The fourth-order valence-corrected chi connectivity index (χ4v) is 8.23. The van der Waals surface area contributed by atoms with Gasteiger partial charge in [-0.15, -0.1) is 0 Å². The summed E-state index contributed by atoms with van der Waals surface area (Å²) in [5.74, 6) is 0. The van der Waals surface area contributed by atoms with Crippen LogP contribution in [0.2, 0.25) is 0 Å². The molecular weight excluding hydrogens is 701 g/mol. The van der Waals surface area contributed by atoms with E-state index in [0.717, 1.165) is 11.4 Å². The molecular formula is C56H56N2. The standard InChI is InChI=1S/C56H56N2/c1-37-13-11-15-41(25-37)51-33-57(49-21-17-47(18-22-49)55(5,6)7)35-53(51)45-29-39(3)27-43(31-45)44-28-40(4)30-46(32-44)54-36-58(34-52(54)42-16-12-14-38(2)26-42)50-23-19-48(20-24-50)56(8,9)10/h11-36H,1-10H3. The molecule has 0 aliphatic rings. The topological polar surface area (TPSA) is 9.86 Å². The minimum Gasteiger partial charge on any atom is -0.323 e. The van der Waals surface area contributed by atoms with Crippen molar-refractivity contribution in [2.24, 2.45) is 0 Å². The fraction of sp³-hybridized carbons (Fsp3) is 0.214. The molecule has 0 spiro atoms. The molecule has 0 fully saturated rings. The van der Waals surface area contributed by atoms with Gasteiger partial charge in [0.1, 0.15) is 0 Å². The van der Waals surface area contributed by atoms with Crippen molar-refractivity contribution in [3.63, 3.8) is 0 Å². The first-order chi connectivity index (χ1) is 27.6. The van der Waals surface area contributed by atoms with Gasteiger partial charge >= 0.3 is 0 Å². The van der Waals surface area contributed by atoms with E-state index in [9.17, 15) is 0 Å². The lowest BCUT2D eigenvalue weighted by molar-refractivity contribution is 0.590. The Kier molecular flexibility index (Phi) is 10.0. The average molecular weight is 757 g/mol. The molecule has 2 heteroatoms. The lowest BCUT2D eigenvalue weighted by atomic mass is 9.87. The van der Waals surface area contributed by atoms with Crippen LogP contribution in [0.3, 0.4) is 0 Å². The van der Waals surface area contributed by atoms with Crippen LogP contribution in [-0.4, -0.2) is 9.13 Å². The SMILES string of the molecule is Cc1cccc(-c2cn(-c3ccc(C(C)(C)C)cc3)cc2-c2cc(C)cc(-c3cc(C)cc(-c4cn(-c5ccc(C(C)(C)C)cc5)cc4-c4cccc(C)c4)c3)c2)c1. The van der Waals surface area contributed by atoms with Gasteiger partial charge in [0, 0.05) is 58.4 Å². The zero-order valence-electron chi connectivity index (χ0n) is 35.9. The molecule has 0 bridgehead atoms. The maximum absolute atomic E-state index is 2.39. The monoisotopic (exact) mass is 756 g/mol. The Hall–Kier alpha value is -6.12. The molecule has 58 heavy (non-hydrogen) atoms. The lowest BCUT2D eigenvalue weighted by Crippen LogP contribution is -2.10. The Morgan fingerprint density at radius 2 is 0.621 bits per heavy atom. The number of nitrogens with zero attached hydrogens (tertiary/aromatic N) is 2. The molecule has 6 aromatic carbocycles. The van der Waals surface area contributed by atoms with Crippen molar-refractivity contribution in [3.05, 3.63) is 192 Å². The van der Waals surface area contributed by atoms with Crippen molar-refractivity contribution >= 4 is 0 Å². The summed E-state index contributed by atoms with van der Waals surface area (Å²) in [5, 5.41) is 0. The molecule has 0 saturated carbocycles. The summed E-state index contributed by atoms with van der Waals surface area (Å²) in [6.45, 7) is 22.4. The Labute approximate surface area is 346 Å². The first-order valence-corrected chi connectivity index (χ1v) is 20.6. The van der Waals surface area contributed by atoms with Crippen molar-refractivity contribution in [1.82, 2.24) is 9.13 Å². The van der Waals surface area contributed by atoms with Crippen molar-refractivity contribution in [2.75, 3.05) is 0 Å². The summed E-state index contributed by atoms with van der Waals surface area (Å²) in [6.07, 6.45) is 9.23. The zero-order valence-corrected chi connectivity index (χ0v) is 35.9. The van der Waals surface area contributed by atoms with E-state index in [1.807, 2.05) is 0 Å². The summed E-state index contributed by atoms with van der Waals surface area (Å²) < 4.78 is 4.58. The van der Waals surface area contributed by atoms with E-state index < -0.39 is 0 Å². The number of aromatic nitrogens is 2. The highest BCUT2D eigenvalue weighted by atomic mass is 15.0. The van der Waals surface area contributed by atoms with Gasteiger partial charge in [-0.1, -0.05) is 150 Å². The van der Waals surface area contributed by atoms with Gasteiger partial charge in [0.15, 0.2) is 0 Å². The molecule has 0 radical (unpaired) electrons. The van der Waals surface area contributed by atoms with E-state index in [1.54, 1.807) is 0 Å². The van der Waals surface area contributed by atoms with Gasteiger partial charge in [0.2, 0.25) is 0 Å². The Morgan fingerprint density at radius 1 is 0.310 bits per heavy atom. The molecule has 0 aliphatic heterocycles. The maximum Gasteiger partial charge on any atom is 0.0450 e. The number of benzene rings is 6. The molecule has 2 heterocycles. The Bertz CT molecular complexity index is 2560. The summed E-state index contributed by atoms with van der Waals surface area (Å²) in [5.41, 5.74) is 22.4. The van der Waals surface area contributed by atoms with Gasteiger partial charge in [0.05, 0.1) is 0 Å². The molecule has 0 saturated heterocycles. The maximum atomic E-state index is 2.39. The minimum atomic E-state index is 0.102. The van der Waals surface area contributed by atoms with Crippen LogP contribution in [0.1, 0.15) is 74.9 Å². The highest BCUT2D eigenvalue weighted by molar-refractivity contribution is 5.89. The van der Waals surface area contributed by atoms with Gasteiger partial charge in [-0.05, 0) is 131 Å². The Morgan fingerprint density at radius 3 is 0.948 bits per heavy atom. The van der Waals surface area contributed by atoms with Gasteiger partial charge in [-0.2, -0.15) is 0 Å². The summed E-state index contributed by atoms with van der Waals surface area (Å²) >= 11 is 0. The van der Waals surface area contributed by atoms with E-state index in [0.29, 0.717) is 0 Å². The van der Waals surface area contributed by atoms with Crippen LogP contribution in [-0.2, 0) is 10.8 Å². The van der Waals surface area contributed by atoms with Crippen molar-refractivity contribution in [2.45, 2.75) is 80.1 Å². The third kappa shape index (κ3) is 8.02. The normalized spacial score (nSPS) is 12.0. The smallest absolute Gasteiger partial charge is 0.0450 e. The summed E-state index contributed by atoms with van der Waals surface area (Å²) in [7, 11) is 0. The number of hydrogen-bond donors (Lipinski definition) is 0. The van der Waals surface area contributed by atoms with Crippen LogP contribution in [0.15, 0.2) is 158 Å². The van der Waals surface area contributed by atoms with Crippen LogP contribution in [0, 0.1) is 27.7 Å². The first kappa shape index (κ1) is 38.7. The van der Waals surface area contributed by atoms with Crippen LogP contribution < -0.4 is 0 Å².